The van der Waals surface area contributed by atoms with Gasteiger partial charge in [-0.15, -0.1) is 0 Å². The molecule has 106 valence electrons. The van der Waals surface area contributed by atoms with Gasteiger partial charge in [-0.25, -0.2) is 0 Å². The van der Waals surface area contributed by atoms with Gasteiger partial charge in [0.15, 0.2) is 0 Å². The highest BCUT2D eigenvalue weighted by Crippen LogP contribution is 2.21. The Kier molecular flexibility index (Phi) is 5.39. The molecule has 0 saturated heterocycles. The van der Waals surface area contributed by atoms with Crippen LogP contribution in [0.5, 0.6) is 0 Å². The van der Waals surface area contributed by atoms with Crippen LogP contribution in [-0.4, -0.2) is 11.9 Å². The van der Waals surface area contributed by atoms with Gasteiger partial charge in [0.2, 0.25) is 5.91 Å². The van der Waals surface area contributed by atoms with Crippen LogP contribution in [-0.2, 0) is 4.79 Å². The lowest BCUT2D eigenvalue weighted by Gasteiger charge is -2.28. The molecule has 1 aromatic rings. The van der Waals surface area contributed by atoms with Crippen LogP contribution in [0.25, 0.3) is 0 Å². The summed E-state index contributed by atoms with van der Waals surface area (Å²) in [4.78, 5) is 12.1. The average Bonchev–Trinajstić information content (AvgIpc) is 2.34. The van der Waals surface area contributed by atoms with Crippen LogP contribution in [0.15, 0.2) is 24.3 Å². The standard InChI is InChI=1S/C15H23ClN2O/c1-5-12(10-6-8-11(16)9-7-10)18-14(19)13(17)15(2,3)4/h6-9,12-13H,5,17H2,1-4H3,(H,18,19). The van der Waals surface area contributed by atoms with Crippen LogP contribution in [0, 0.1) is 5.41 Å². The number of hydrogen-bond acceptors (Lipinski definition) is 2. The molecular formula is C15H23ClN2O. The van der Waals surface area contributed by atoms with Crippen molar-refractivity contribution < 1.29 is 4.79 Å². The number of nitrogens with two attached hydrogens (primary N) is 1. The highest BCUT2D eigenvalue weighted by molar-refractivity contribution is 6.30. The molecule has 1 rings (SSSR count). The summed E-state index contributed by atoms with van der Waals surface area (Å²) in [6.45, 7) is 7.91. The number of carbonyl (C=O) groups excluding carboxylic acids is 1. The van der Waals surface area contributed by atoms with Gasteiger partial charge in [-0.2, -0.15) is 0 Å². The fourth-order valence-electron chi connectivity index (χ4n) is 1.77. The van der Waals surface area contributed by atoms with E-state index in [0.717, 1.165) is 12.0 Å². The second-order valence-electron chi connectivity index (χ2n) is 5.86. The monoisotopic (exact) mass is 282 g/mol. The average molecular weight is 283 g/mol. The van der Waals surface area contributed by atoms with E-state index in [1.54, 1.807) is 0 Å². The first-order valence-electron chi connectivity index (χ1n) is 6.57. The predicted octanol–water partition coefficient (Wildman–Crippen LogP) is 3.28. The first-order chi connectivity index (χ1) is 8.75. The van der Waals surface area contributed by atoms with E-state index >= 15 is 0 Å². The number of hydrogen-bond donors (Lipinski definition) is 2. The van der Waals surface area contributed by atoms with Gasteiger partial charge in [0.1, 0.15) is 0 Å². The zero-order chi connectivity index (χ0) is 14.6. The second kappa shape index (κ2) is 6.40. The summed E-state index contributed by atoms with van der Waals surface area (Å²) in [5.41, 5.74) is 6.76. The van der Waals surface area contributed by atoms with E-state index in [-0.39, 0.29) is 17.4 Å². The maximum atomic E-state index is 12.1. The summed E-state index contributed by atoms with van der Waals surface area (Å²) >= 11 is 5.87. The van der Waals surface area contributed by atoms with Crippen molar-refractivity contribution in [2.24, 2.45) is 11.1 Å². The molecule has 0 bridgehead atoms. The third-order valence-corrected chi connectivity index (χ3v) is 3.46. The Labute approximate surface area is 120 Å². The lowest BCUT2D eigenvalue weighted by atomic mass is 9.86. The van der Waals surface area contributed by atoms with Gasteiger partial charge >= 0.3 is 0 Å². The molecule has 0 aliphatic heterocycles. The normalized spacial score (nSPS) is 14.8. The smallest absolute Gasteiger partial charge is 0.237 e. The van der Waals surface area contributed by atoms with Crippen LogP contribution in [0.1, 0.15) is 45.7 Å². The van der Waals surface area contributed by atoms with E-state index in [1.807, 2.05) is 52.0 Å². The minimum Gasteiger partial charge on any atom is -0.348 e. The minimum atomic E-state index is -0.520. The lowest BCUT2D eigenvalue weighted by Crippen LogP contribution is -2.49. The topological polar surface area (TPSA) is 55.1 Å². The van der Waals surface area contributed by atoms with Crippen molar-refractivity contribution in [3.63, 3.8) is 0 Å². The van der Waals surface area contributed by atoms with Crippen LogP contribution in [0.3, 0.4) is 0 Å². The van der Waals surface area contributed by atoms with Crippen molar-refractivity contribution in [2.75, 3.05) is 0 Å². The molecule has 3 nitrogen and oxygen atoms in total. The van der Waals surface area contributed by atoms with E-state index in [0.29, 0.717) is 5.02 Å². The van der Waals surface area contributed by atoms with Gasteiger partial charge in [-0.3, -0.25) is 4.79 Å². The number of benzene rings is 1. The van der Waals surface area contributed by atoms with Gasteiger partial charge in [0.25, 0.3) is 0 Å². The summed E-state index contributed by atoms with van der Waals surface area (Å²) in [7, 11) is 0. The van der Waals surface area contributed by atoms with Crippen molar-refractivity contribution in [3.8, 4) is 0 Å². The SMILES string of the molecule is CCC(NC(=O)C(N)C(C)(C)C)c1ccc(Cl)cc1. The van der Waals surface area contributed by atoms with E-state index in [9.17, 15) is 4.79 Å². The van der Waals surface area contributed by atoms with Crippen LogP contribution >= 0.6 is 11.6 Å². The maximum Gasteiger partial charge on any atom is 0.237 e. The Morgan fingerprint density at radius 3 is 2.26 bits per heavy atom. The van der Waals surface area contributed by atoms with E-state index in [1.165, 1.54) is 0 Å². The number of halogens is 1. The number of carbonyl (C=O) groups is 1. The zero-order valence-corrected chi connectivity index (χ0v) is 12.8. The lowest BCUT2D eigenvalue weighted by molar-refractivity contribution is -0.125. The molecule has 1 amide bonds. The largest absolute Gasteiger partial charge is 0.348 e. The molecule has 0 aliphatic carbocycles. The highest BCUT2D eigenvalue weighted by Gasteiger charge is 2.28. The Morgan fingerprint density at radius 2 is 1.84 bits per heavy atom. The van der Waals surface area contributed by atoms with Crippen LogP contribution in [0.2, 0.25) is 5.02 Å². The summed E-state index contributed by atoms with van der Waals surface area (Å²) < 4.78 is 0. The fraction of sp³-hybridized carbons (Fsp3) is 0.533. The van der Waals surface area contributed by atoms with Crippen LogP contribution < -0.4 is 11.1 Å². The molecule has 1 aromatic carbocycles. The molecule has 19 heavy (non-hydrogen) atoms. The Balaban J connectivity index is 2.78. The van der Waals surface area contributed by atoms with Crippen molar-refractivity contribution >= 4 is 17.5 Å². The van der Waals surface area contributed by atoms with Crippen molar-refractivity contribution in [3.05, 3.63) is 34.9 Å². The molecule has 0 radical (unpaired) electrons. The first-order valence-corrected chi connectivity index (χ1v) is 6.95. The van der Waals surface area contributed by atoms with Crippen LogP contribution in [0.4, 0.5) is 0 Å². The van der Waals surface area contributed by atoms with E-state index < -0.39 is 6.04 Å². The van der Waals surface area contributed by atoms with E-state index in [4.69, 9.17) is 17.3 Å². The third-order valence-electron chi connectivity index (χ3n) is 3.21. The molecule has 2 unspecified atom stereocenters. The summed E-state index contributed by atoms with van der Waals surface area (Å²) in [6, 6.07) is 6.97. The molecule has 0 aromatic heterocycles. The molecule has 3 N–H and O–H groups in total. The van der Waals surface area contributed by atoms with E-state index in [2.05, 4.69) is 5.32 Å². The molecule has 0 spiro atoms. The number of amides is 1. The quantitative estimate of drug-likeness (QED) is 0.890. The molecule has 0 fully saturated rings. The second-order valence-corrected chi connectivity index (χ2v) is 6.30. The van der Waals surface area contributed by atoms with Crippen molar-refractivity contribution in [1.82, 2.24) is 5.32 Å². The first kappa shape index (κ1) is 16.0. The van der Waals surface area contributed by atoms with Gasteiger partial charge in [0.05, 0.1) is 12.1 Å². The fourth-order valence-corrected chi connectivity index (χ4v) is 1.90. The Bertz CT molecular complexity index is 423. The number of rotatable bonds is 4. The molecule has 0 saturated carbocycles. The van der Waals surface area contributed by atoms with Gasteiger partial charge < -0.3 is 11.1 Å². The molecular weight excluding hydrogens is 260 g/mol. The third kappa shape index (κ3) is 4.51. The van der Waals surface area contributed by atoms with Gasteiger partial charge in [-0.1, -0.05) is 51.4 Å². The Morgan fingerprint density at radius 1 is 1.32 bits per heavy atom. The highest BCUT2D eigenvalue weighted by atomic mass is 35.5. The Hall–Kier alpha value is -1.06. The molecule has 0 aliphatic rings. The maximum absolute atomic E-state index is 12.1. The van der Waals surface area contributed by atoms with Gasteiger partial charge in [0, 0.05) is 5.02 Å². The molecule has 4 heteroatoms. The summed E-state index contributed by atoms with van der Waals surface area (Å²) in [5, 5.41) is 3.69. The summed E-state index contributed by atoms with van der Waals surface area (Å²) in [6.07, 6.45) is 0.810. The minimum absolute atomic E-state index is 0.0295. The molecule has 2 atom stereocenters. The van der Waals surface area contributed by atoms with Gasteiger partial charge in [-0.05, 0) is 29.5 Å². The van der Waals surface area contributed by atoms with Crippen molar-refractivity contribution in [1.29, 1.82) is 0 Å². The predicted molar refractivity (Wildman–Crippen MR) is 80.1 cm³/mol. The van der Waals surface area contributed by atoms with Crippen molar-refractivity contribution in [2.45, 2.75) is 46.2 Å². The molecule has 0 heterocycles. The number of nitrogens with one attached hydrogen (secondary N) is 1. The zero-order valence-electron chi connectivity index (χ0n) is 12.0. The summed E-state index contributed by atoms with van der Waals surface area (Å²) in [5.74, 6) is -0.116.